The van der Waals surface area contributed by atoms with Crippen molar-refractivity contribution in [1.29, 1.82) is 0 Å². The lowest BCUT2D eigenvalue weighted by Crippen LogP contribution is -2.32. The van der Waals surface area contributed by atoms with Crippen LogP contribution in [0, 0.1) is 0 Å². The molecule has 1 atom stereocenters. The molecule has 0 aliphatic rings. The monoisotopic (exact) mass is 461 g/mol. The number of unbranched alkanes of at least 4 members (excludes halogenated alkanes) is 14. The molecule has 1 unspecified atom stereocenters. The lowest BCUT2D eigenvalue weighted by molar-refractivity contribution is -0.121. The summed E-state index contributed by atoms with van der Waals surface area (Å²) < 4.78 is 27.7. The van der Waals surface area contributed by atoms with Crippen molar-refractivity contribution in [2.75, 3.05) is 12.4 Å². The van der Waals surface area contributed by atoms with Crippen molar-refractivity contribution >= 4 is 16.0 Å². The van der Waals surface area contributed by atoms with Crippen molar-refractivity contribution in [2.24, 2.45) is 0 Å². The van der Waals surface area contributed by atoms with Crippen LogP contribution in [0.1, 0.15) is 136 Å². The Balaban J connectivity index is 3.40. The summed E-state index contributed by atoms with van der Waals surface area (Å²) in [5.74, 6) is 0.0926. The van der Waals surface area contributed by atoms with Crippen LogP contribution in [0.25, 0.3) is 0 Å². The Hall–Kier alpha value is -0.620. The van der Waals surface area contributed by atoms with Gasteiger partial charge in [0.05, 0.1) is 12.4 Å². The quantitative estimate of drug-likeness (QED) is 0.133. The van der Waals surface area contributed by atoms with Crippen LogP contribution in [0.5, 0.6) is 0 Å². The summed E-state index contributed by atoms with van der Waals surface area (Å²) in [6.45, 7) is 6.04. The predicted molar refractivity (Wildman–Crippen MR) is 132 cm³/mol. The number of carbonyl (C=O) groups excluding carboxylic acids is 1. The van der Waals surface area contributed by atoms with Crippen LogP contribution in [0.4, 0.5) is 0 Å². The van der Waals surface area contributed by atoms with E-state index in [0.717, 1.165) is 12.8 Å². The highest BCUT2D eigenvalue weighted by Crippen LogP contribution is 2.13. The van der Waals surface area contributed by atoms with Crippen LogP contribution < -0.4 is 5.32 Å². The largest absolute Gasteiger partial charge is 0.354 e. The van der Waals surface area contributed by atoms with Gasteiger partial charge in [0.25, 0.3) is 10.1 Å². The Labute approximate surface area is 193 Å². The summed E-state index contributed by atoms with van der Waals surface area (Å²) in [7, 11) is -3.41. The first kappa shape index (κ1) is 30.4. The van der Waals surface area contributed by atoms with Gasteiger partial charge < -0.3 is 5.32 Å². The molecule has 6 heteroatoms. The summed E-state index contributed by atoms with van der Waals surface area (Å²) in [5.41, 5.74) is 0. The van der Waals surface area contributed by atoms with E-state index in [9.17, 15) is 13.2 Å². The zero-order valence-corrected chi connectivity index (χ0v) is 21.6. The van der Waals surface area contributed by atoms with Crippen molar-refractivity contribution in [1.82, 2.24) is 5.32 Å². The van der Waals surface area contributed by atoms with Crippen LogP contribution in [-0.4, -0.2) is 32.7 Å². The first-order chi connectivity index (χ1) is 14.9. The summed E-state index contributed by atoms with van der Waals surface area (Å²) >= 11 is 0. The van der Waals surface area contributed by atoms with E-state index in [0.29, 0.717) is 19.3 Å². The molecule has 0 saturated heterocycles. The predicted octanol–water partition coefficient (Wildman–Crippen LogP) is 6.90. The van der Waals surface area contributed by atoms with Gasteiger partial charge >= 0.3 is 0 Å². The maximum atomic E-state index is 12.0. The summed E-state index contributed by atoms with van der Waals surface area (Å²) in [6, 6.07) is 0.000618. The molecule has 1 amide bonds. The van der Waals surface area contributed by atoms with E-state index in [2.05, 4.69) is 12.2 Å². The Morgan fingerprint density at radius 2 is 1.19 bits per heavy atom. The average molecular weight is 462 g/mol. The molecule has 0 bridgehead atoms. The second kappa shape index (κ2) is 21.2. The minimum absolute atomic E-state index is 0.000618. The SMILES string of the molecule is CCCCCCCCCCCCCCCCCC(=O)NC(C)CCCS(=O)(=O)OCC. The topological polar surface area (TPSA) is 72.5 Å². The van der Waals surface area contributed by atoms with Gasteiger partial charge in [-0.2, -0.15) is 8.42 Å². The van der Waals surface area contributed by atoms with E-state index in [1.54, 1.807) is 6.92 Å². The molecule has 31 heavy (non-hydrogen) atoms. The van der Waals surface area contributed by atoms with E-state index in [-0.39, 0.29) is 24.3 Å². The average Bonchev–Trinajstić information content (AvgIpc) is 2.70. The van der Waals surface area contributed by atoms with Crippen molar-refractivity contribution < 1.29 is 17.4 Å². The van der Waals surface area contributed by atoms with Crippen molar-refractivity contribution in [2.45, 2.75) is 142 Å². The molecule has 0 aromatic heterocycles. The fraction of sp³-hybridized carbons (Fsp3) is 0.960. The zero-order valence-electron chi connectivity index (χ0n) is 20.8. The van der Waals surface area contributed by atoms with Gasteiger partial charge in [0.2, 0.25) is 5.91 Å². The molecule has 0 aliphatic carbocycles. The molecule has 0 spiro atoms. The molecule has 1 N–H and O–H groups in total. The van der Waals surface area contributed by atoms with Gasteiger partial charge in [0.1, 0.15) is 0 Å². The molecule has 0 aromatic carbocycles. The summed E-state index contributed by atoms with van der Waals surface area (Å²) in [6.07, 6.45) is 21.5. The molecule has 5 nitrogen and oxygen atoms in total. The Morgan fingerprint density at radius 3 is 1.65 bits per heavy atom. The van der Waals surface area contributed by atoms with E-state index < -0.39 is 10.1 Å². The number of hydrogen-bond donors (Lipinski definition) is 1. The molecule has 0 heterocycles. The number of amides is 1. The van der Waals surface area contributed by atoms with Gasteiger partial charge in [-0.3, -0.25) is 8.98 Å². The third kappa shape index (κ3) is 22.4. The lowest BCUT2D eigenvalue weighted by Gasteiger charge is -2.13. The number of hydrogen-bond acceptors (Lipinski definition) is 4. The molecule has 0 aliphatic heterocycles. The van der Waals surface area contributed by atoms with Crippen molar-refractivity contribution in [3.8, 4) is 0 Å². The van der Waals surface area contributed by atoms with Crippen LogP contribution in [0.2, 0.25) is 0 Å². The molecule has 0 fully saturated rings. The van der Waals surface area contributed by atoms with E-state index in [1.807, 2.05) is 6.92 Å². The third-order valence-electron chi connectivity index (χ3n) is 5.74. The van der Waals surface area contributed by atoms with Gasteiger partial charge in [-0.05, 0) is 33.1 Å². The van der Waals surface area contributed by atoms with E-state index in [1.165, 1.54) is 83.5 Å². The Kier molecular flexibility index (Phi) is 20.8. The number of carbonyl (C=O) groups is 1. The minimum Gasteiger partial charge on any atom is -0.354 e. The van der Waals surface area contributed by atoms with E-state index in [4.69, 9.17) is 4.18 Å². The highest BCUT2D eigenvalue weighted by atomic mass is 32.2. The first-order valence-corrected chi connectivity index (χ1v) is 14.7. The van der Waals surface area contributed by atoms with Crippen molar-refractivity contribution in [3.63, 3.8) is 0 Å². The first-order valence-electron chi connectivity index (χ1n) is 13.1. The van der Waals surface area contributed by atoms with E-state index >= 15 is 0 Å². The zero-order chi connectivity index (χ0) is 23.2. The Morgan fingerprint density at radius 1 is 0.742 bits per heavy atom. The molecular formula is C25H51NO4S. The number of nitrogens with one attached hydrogen (secondary N) is 1. The standard InChI is InChI=1S/C25H51NO4S/c1-4-6-7-8-9-10-11-12-13-14-15-16-17-18-19-22-25(27)26-24(3)21-20-23-31(28,29)30-5-2/h24H,4-23H2,1-3H3,(H,26,27). The molecular weight excluding hydrogens is 410 g/mol. The maximum Gasteiger partial charge on any atom is 0.267 e. The fourth-order valence-corrected chi connectivity index (χ4v) is 4.88. The smallest absolute Gasteiger partial charge is 0.267 e. The highest BCUT2D eigenvalue weighted by Gasteiger charge is 2.12. The second-order valence-electron chi connectivity index (χ2n) is 8.98. The van der Waals surface area contributed by atoms with Crippen LogP contribution in [-0.2, 0) is 19.1 Å². The second-order valence-corrected chi connectivity index (χ2v) is 10.7. The summed E-state index contributed by atoms with van der Waals surface area (Å²) in [5, 5.41) is 2.97. The highest BCUT2D eigenvalue weighted by molar-refractivity contribution is 7.86. The van der Waals surface area contributed by atoms with Crippen LogP contribution in [0.3, 0.4) is 0 Å². The molecule has 0 rings (SSSR count). The molecule has 0 aromatic rings. The molecule has 186 valence electrons. The third-order valence-corrected chi connectivity index (χ3v) is 7.13. The van der Waals surface area contributed by atoms with Gasteiger partial charge in [0.15, 0.2) is 0 Å². The van der Waals surface area contributed by atoms with Crippen molar-refractivity contribution in [3.05, 3.63) is 0 Å². The number of rotatable bonds is 23. The van der Waals surface area contributed by atoms with Gasteiger partial charge in [-0.15, -0.1) is 0 Å². The fourth-order valence-electron chi connectivity index (χ4n) is 3.88. The Bertz CT molecular complexity index is 508. The molecule has 0 saturated carbocycles. The minimum atomic E-state index is -3.41. The van der Waals surface area contributed by atoms with Gasteiger partial charge in [-0.25, -0.2) is 0 Å². The normalized spacial score (nSPS) is 12.7. The summed E-state index contributed by atoms with van der Waals surface area (Å²) in [4.78, 5) is 12.0. The molecule has 0 radical (unpaired) electrons. The maximum absolute atomic E-state index is 12.0. The van der Waals surface area contributed by atoms with Crippen LogP contribution >= 0.6 is 0 Å². The van der Waals surface area contributed by atoms with Gasteiger partial charge in [-0.1, -0.05) is 96.8 Å². The van der Waals surface area contributed by atoms with Crippen LogP contribution in [0.15, 0.2) is 0 Å². The van der Waals surface area contributed by atoms with Gasteiger partial charge in [0, 0.05) is 12.5 Å². The lowest BCUT2D eigenvalue weighted by atomic mass is 10.0.